The molecule has 2 aromatic rings. The lowest BCUT2D eigenvalue weighted by molar-refractivity contribution is -0.130. The zero-order valence-corrected chi connectivity index (χ0v) is 12.7. The molecular weight excluding hydrogens is 311 g/mol. The summed E-state index contributed by atoms with van der Waals surface area (Å²) in [7, 11) is 0. The second-order valence-corrected chi connectivity index (χ2v) is 5.30. The molecule has 0 aliphatic heterocycles. The first-order valence-corrected chi connectivity index (χ1v) is 6.70. The Balaban J connectivity index is 2.12. The van der Waals surface area contributed by atoms with E-state index < -0.39 is 17.3 Å². The number of nitrogens with one attached hydrogen (secondary N) is 1. The average Bonchev–Trinajstić information content (AvgIpc) is 2.44. The summed E-state index contributed by atoms with van der Waals surface area (Å²) in [6, 6.07) is 6.52. The highest BCUT2D eigenvalue weighted by Gasteiger charge is 2.26. The molecule has 0 saturated heterocycles. The van der Waals surface area contributed by atoms with E-state index in [4.69, 9.17) is 22.1 Å². The number of carbonyl (C=O) groups excluding carboxylic acids is 1. The Morgan fingerprint density at radius 2 is 2.00 bits per heavy atom. The topological polar surface area (TPSA) is 90.1 Å². The highest BCUT2D eigenvalue weighted by Crippen LogP contribution is 2.23. The number of nitrogens with zero attached hydrogens (tertiary/aromatic N) is 2. The predicted molar refractivity (Wildman–Crippen MR) is 80.6 cm³/mol. The molecular formula is C14H14ClFN4O2. The number of carbonyl (C=O) groups is 1. The Kier molecular flexibility index (Phi) is 4.46. The maximum Gasteiger partial charge on any atom is 0.261 e. The Morgan fingerprint density at radius 3 is 2.59 bits per heavy atom. The van der Waals surface area contributed by atoms with Gasteiger partial charge in [-0.2, -0.15) is 4.98 Å². The fourth-order valence-corrected chi connectivity index (χ4v) is 1.65. The molecule has 2 rings (SSSR count). The van der Waals surface area contributed by atoms with Crippen molar-refractivity contribution >= 4 is 29.0 Å². The van der Waals surface area contributed by atoms with Crippen LogP contribution in [0.2, 0.25) is 5.28 Å². The smallest absolute Gasteiger partial charge is 0.261 e. The minimum atomic E-state index is -1.12. The van der Waals surface area contributed by atoms with Crippen LogP contribution in [-0.2, 0) is 4.79 Å². The molecule has 0 bridgehead atoms. The van der Waals surface area contributed by atoms with Crippen molar-refractivity contribution in [1.29, 1.82) is 0 Å². The van der Waals surface area contributed by atoms with Gasteiger partial charge in [-0.1, -0.05) is 0 Å². The van der Waals surface area contributed by atoms with Gasteiger partial charge in [0.05, 0.1) is 6.20 Å². The molecule has 0 spiro atoms. The zero-order valence-electron chi connectivity index (χ0n) is 11.9. The van der Waals surface area contributed by atoms with Crippen LogP contribution in [0.15, 0.2) is 30.5 Å². The number of aromatic nitrogens is 2. The quantitative estimate of drug-likeness (QED) is 0.825. The van der Waals surface area contributed by atoms with Crippen LogP contribution in [0.1, 0.15) is 13.8 Å². The molecule has 0 aliphatic rings. The van der Waals surface area contributed by atoms with E-state index in [1.807, 2.05) is 0 Å². The highest BCUT2D eigenvalue weighted by atomic mass is 35.5. The number of benzene rings is 1. The summed E-state index contributed by atoms with van der Waals surface area (Å²) in [6.45, 7) is 3.14. The maximum absolute atomic E-state index is 13.5. The van der Waals surface area contributed by atoms with E-state index in [2.05, 4.69) is 15.3 Å². The highest BCUT2D eigenvalue weighted by molar-refractivity contribution is 6.28. The summed E-state index contributed by atoms with van der Waals surface area (Å²) < 4.78 is 19.0. The molecule has 8 heteroatoms. The molecule has 1 heterocycles. The van der Waals surface area contributed by atoms with Crippen LogP contribution < -0.4 is 15.8 Å². The molecule has 0 saturated carbocycles. The van der Waals surface area contributed by atoms with Crippen molar-refractivity contribution in [2.45, 2.75) is 19.4 Å². The van der Waals surface area contributed by atoms with Gasteiger partial charge in [0, 0.05) is 5.69 Å². The molecule has 3 N–H and O–H groups in total. The van der Waals surface area contributed by atoms with E-state index in [0.29, 0.717) is 11.4 Å². The fraction of sp³-hybridized carbons (Fsp3) is 0.214. The van der Waals surface area contributed by atoms with Gasteiger partial charge < -0.3 is 15.8 Å². The first-order valence-electron chi connectivity index (χ1n) is 6.32. The van der Waals surface area contributed by atoms with Crippen molar-refractivity contribution in [1.82, 2.24) is 9.97 Å². The van der Waals surface area contributed by atoms with Crippen molar-refractivity contribution in [3.05, 3.63) is 41.6 Å². The molecule has 6 nitrogen and oxygen atoms in total. The second kappa shape index (κ2) is 6.15. The van der Waals surface area contributed by atoms with Crippen LogP contribution in [0.4, 0.5) is 15.9 Å². The van der Waals surface area contributed by atoms with E-state index in [9.17, 15) is 9.18 Å². The number of nitrogens with two attached hydrogens (primary N) is 1. The molecule has 1 aromatic carbocycles. The molecule has 22 heavy (non-hydrogen) atoms. The van der Waals surface area contributed by atoms with E-state index in [-0.39, 0.29) is 11.1 Å². The van der Waals surface area contributed by atoms with E-state index in [0.717, 1.165) is 6.20 Å². The SMILES string of the molecule is CC(C)(Oc1ccc(Nc2nc(Cl)ncc2F)cc1)C(N)=O. The molecule has 0 fully saturated rings. The van der Waals surface area contributed by atoms with Crippen molar-refractivity contribution in [2.24, 2.45) is 5.73 Å². The van der Waals surface area contributed by atoms with Crippen LogP contribution in [0.25, 0.3) is 0 Å². The van der Waals surface area contributed by atoms with E-state index in [1.165, 1.54) is 0 Å². The summed E-state index contributed by atoms with van der Waals surface area (Å²) in [4.78, 5) is 18.5. The molecule has 1 aromatic heterocycles. The monoisotopic (exact) mass is 324 g/mol. The average molecular weight is 325 g/mol. The Labute approximate surface area is 131 Å². The number of rotatable bonds is 5. The van der Waals surface area contributed by atoms with Crippen molar-refractivity contribution in [2.75, 3.05) is 5.32 Å². The lowest BCUT2D eigenvalue weighted by atomic mass is 10.1. The number of anilines is 2. The minimum absolute atomic E-state index is 0.0360. The molecule has 0 radical (unpaired) electrons. The van der Waals surface area contributed by atoms with Crippen LogP contribution in [0.3, 0.4) is 0 Å². The van der Waals surface area contributed by atoms with E-state index >= 15 is 0 Å². The van der Waals surface area contributed by atoms with Crippen molar-refractivity contribution in [3.63, 3.8) is 0 Å². The van der Waals surface area contributed by atoms with Gasteiger partial charge >= 0.3 is 0 Å². The molecule has 0 aliphatic carbocycles. The van der Waals surface area contributed by atoms with Gasteiger partial charge in [0.25, 0.3) is 5.91 Å². The minimum Gasteiger partial charge on any atom is -0.478 e. The largest absolute Gasteiger partial charge is 0.478 e. The van der Waals surface area contributed by atoms with Gasteiger partial charge in [-0.25, -0.2) is 9.37 Å². The van der Waals surface area contributed by atoms with Gasteiger partial charge in [-0.15, -0.1) is 0 Å². The van der Waals surface area contributed by atoms with Crippen LogP contribution in [-0.4, -0.2) is 21.5 Å². The van der Waals surface area contributed by atoms with E-state index in [1.54, 1.807) is 38.1 Å². The van der Waals surface area contributed by atoms with Gasteiger partial charge in [-0.3, -0.25) is 4.79 Å². The number of halogens is 2. The second-order valence-electron chi connectivity index (χ2n) is 4.96. The number of hydrogen-bond donors (Lipinski definition) is 2. The summed E-state index contributed by atoms with van der Waals surface area (Å²) in [5.74, 6) is -0.784. The number of ether oxygens (including phenoxy) is 1. The first kappa shape index (κ1) is 16.0. The fourth-order valence-electron chi connectivity index (χ4n) is 1.52. The summed E-state index contributed by atoms with van der Waals surface area (Å²) in [5.41, 5.74) is 4.68. The van der Waals surface area contributed by atoms with Gasteiger partial charge in [0.15, 0.2) is 17.2 Å². The summed E-state index contributed by atoms with van der Waals surface area (Å²) in [6.07, 6.45) is 0.977. The maximum atomic E-state index is 13.5. The third kappa shape index (κ3) is 3.82. The lowest BCUT2D eigenvalue weighted by Gasteiger charge is -2.22. The molecule has 0 unspecified atom stereocenters. The van der Waals surface area contributed by atoms with Crippen LogP contribution >= 0.6 is 11.6 Å². The lowest BCUT2D eigenvalue weighted by Crippen LogP contribution is -2.43. The third-order valence-corrected chi connectivity index (χ3v) is 2.98. The molecule has 0 atom stereocenters. The van der Waals surface area contributed by atoms with Gasteiger partial charge in [0.1, 0.15) is 5.75 Å². The van der Waals surface area contributed by atoms with Crippen LogP contribution in [0.5, 0.6) is 5.75 Å². The number of primary amides is 1. The standard InChI is InChI=1S/C14H14ClFN4O2/c1-14(2,12(17)21)22-9-5-3-8(4-6-9)19-11-10(16)7-18-13(15)20-11/h3-7H,1-2H3,(H2,17,21)(H,18,19,20). The summed E-state index contributed by atoms with van der Waals surface area (Å²) in [5, 5.41) is 2.71. The number of amides is 1. The zero-order chi connectivity index (χ0) is 16.3. The first-order chi connectivity index (χ1) is 10.3. The normalized spacial score (nSPS) is 11.1. The Bertz CT molecular complexity index is 692. The van der Waals surface area contributed by atoms with Crippen molar-refractivity contribution in [3.8, 4) is 5.75 Å². The summed E-state index contributed by atoms with van der Waals surface area (Å²) >= 11 is 5.62. The molecule has 1 amide bonds. The number of hydrogen-bond acceptors (Lipinski definition) is 5. The Morgan fingerprint density at radius 1 is 1.36 bits per heavy atom. The Hall–Kier alpha value is -2.41. The predicted octanol–water partition coefficient (Wildman–Crippen LogP) is 2.66. The molecule has 116 valence electrons. The third-order valence-electron chi connectivity index (χ3n) is 2.80. The van der Waals surface area contributed by atoms with Crippen molar-refractivity contribution < 1.29 is 13.9 Å². The van der Waals surface area contributed by atoms with Gasteiger partial charge in [-0.05, 0) is 49.7 Å². The van der Waals surface area contributed by atoms with Crippen LogP contribution in [0, 0.1) is 5.82 Å². The van der Waals surface area contributed by atoms with Gasteiger partial charge in [0.2, 0.25) is 5.28 Å².